The van der Waals surface area contributed by atoms with E-state index in [4.69, 9.17) is 0 Å². The van der Waals surface area contributed by atoms with Gasteiger partial charge in [-0.15, -0.1) is 0 Å². The van der Waals surface area contributed by atoms with Gasteiger partial charge in [-0.1, -0.05) is 144 Å². The predicted molar refractivity (Wildman–Crippen MR) is 185 cm³/mol. The summed E-state index contributed by atoms with van der Waals surface area (Å²) in [6, 6.07) is 8.95. The summed E-state index contributed by atoms with van der Waals surface area (Å²) in [5, 5.41) is 22.6. The zero-order valence-corrected chi connectivity index (χ0v) is 28.8. The molecule has 2 heteroatoms. The van der Waals surface area contributed by atoms with Crippen LogP contribution in [0.5, 0.6) is 11.5 Å². The van der Waals surface area contributed by atoms with Gasteiger partial charge in [0.2, 0.25) is 0 Å². The molecule has 0 bridgehead atoms. The second-order valence-corrected chi connectivity index (χ2v) is 15.7. The summed E-state index contributed by atoms with van der Waals surface area (Å²) >= 11 is 0. The summed E-state index contributed by atoms with van der Waals surface area (Å²) in [7, 11) is 0. The fourth-order valence-corrected chi connectivity index (χ4v) is 8.76. The molecule has 2 aliphatic rings. The molecular weight excluding hydrogens is 524 g/mol. The minimum Gasteiger partial charge on any atom is -0.508 e. The van der Waals surface area contributed by atoms with Crippen molar-refractivity contribution in [3.05, 3.63) is 57.6 Å². The first-order chi connectivity index (χ1) is 20.6. The molecule has 2 N–H and O–H groups in total. The molecule has 0 aromatic heterocycles. The molecule has 0 fully saturated rings. The quantitative estimate of drug-likeness (QED) is 0.170. The Morgan fingerprint density at radius 1 is 0.465 bits per heavy atom. The maximum atomic E-state index is 11.3. The van der Waals surface area contributed by atoms with Crippen molar-refractivity contribution in [3.8, 4) is 11.5 Å². The van der Waals surface area contributed by atoms with Crippen molar-refractivity contribution in [1.29, 1.82) is 0 Å². The highest BCUT2D eigenvalue weighted by Gasteiger charge is 2.56. The van der Waals surface area contributed by atoms with E-state index in [0.29, 0.717) is 11.5 Å². The van der Waals surface area contributed by atoms with Gasteiger partial charge in [0.1, 0.15) is 11.5 Å². The molecule has 2 aromatic rings. The molecule has 0 saturated heterocycles. The fraction of sp³-hybridized carbons (Fsp3) is 0.707. The van der Waals surface area contributed by atoms with E-state index < -0.39 is 0 Å². The highest BCUT2D eigenvalue weighted by molar-refractivity contribution is 5.63. The van der Waals surface area contributed by atoms with Crippen LogP contribution in [0.2, 0.25) is 0 Å². The fourth-order valence-electron chi connectivity index (χ4n) is 8.76. The van der Waals surface area contributed by atoms with E-state index in [1.807, 2.05) is 0 Å². The van der Waals surface area contributed by atoms with E-state index in [1.54, 1.807) is 0 Å². The number of unbranched alkanes of at least 4 members (excludes halogenated alkanes) is 14. The van der Waals surface area contributed by atoms with Crippen LogP contribution in [-0.4, -0.2) is 10.2 Å². The Labute approximate surface area is 265 Å². The van der Waals surface area contributed by atoms with Gasteiger partial charge in [-0.3, -0.25) is 0 Å². The number of phenolic OH excluding ortho intramolecular Hbond substituents is 2. The molecule has 0 aliphatic heterocycles. The van der Waals surface area contributed by atoms with Crippen LogP contribution < -0.4 is 0 Å². The smallest absolute Gasteiger partial charge is 0.119 e. The summed E-state index contributed by atoms with van der Waals surface area (Å²) < 4.78 is 0. The average Bonchev–Trinajstić information content (AvgIpc) is 3.30. The van der Waals surface area contributed by atoms with Crippen molar-refractivity contribution in [2.75, 3.05) is 0 Å². The number of hydrogen-bond donors (Lipinski definition) is 2. The Balaban J connectivity index is 1.48. The van der Waals surface area contributed by atoms with Crippen LogP contribution in [0.25, 0.3) is 0 Å². The second-order valence-electron chi connectivity index (χ2n) is 15.7. The van der Waals surface area contributed by atoms with Gasteiger partial charge >= 0.3 is 0 Å². The number of rotatable bonds is 18. The SMILES string of the molecule is CCCCCCCCCCc1cc2c(cc1O)C1(CC2(C)C)CC(C)(C)c2cc(CCCCCCCCCC)c(O)cc21. The lowest BCUT2D eigenvalue weighted by Gasteiger charge is -2.30. The normalized spacial score (nSPS) is 17.4. The summed E-state index contributed by atoms with van der Waals surface area (Å²) in [4.78, 5) is 0. The van der Waals surface area contributed by atoms with E-state index >= 15 is 0 Å². The number of hydrogen-bond acceptors (Lipinski definition) is 2. The molecule has 4 rings (SSSR count). The lowest BCUT2D eigenvalue weighted by Crippen LogP contribution is -2.26. The monoisotopic (exact) mass is 588 g/mol. The largest absolute Gasteiger partial charge is 0.508 e. The van der Waals surface area contributed by atoms with E-state index in [9.17, 15) is 10.2 Å². The molecule has 2 aromatic carbocycles. The van der Waals surface area contributed by atoms with Gasteiger partial charge in [-0.2, -0.15) is 0 Å². The summed E-state index contributed by atoms with van der Waals surface area (Å²) in [5.41, 5.74) is 7.57. The van der Waals surface area contributed by atoms with Gasteiger partial charge < -0.3 is 10.2 Å². The first kappa shape index (κ1) is 33.9. The third-order valence-electron chi connectivity index (χ3n) is 11.0. The van der Waals surface area contributed by atoms with Crippen molar-refractivity contribution in [2.24, 2.45) is 0 Å². The van der Waals surface area contributed by atoms with Crippen LogP contribution in [0, 0.1) is 0 Å². The highest BCUT2D eigenvalue weighted by atomic mass is 16.3. The Kier molecular flexibility index (Phi) is 11.7. The Morgan fingerprint density at radius 3 is 1.14 bits per heavy atom. The van der Waals surface area contributed by atoms with Gasteiger partial charge in [0, 0.05) is 5.41 Å². The summed E-state index contributed by atoms with van der Waals surface area (Å²) in [5.74, 6) is 0.945. The van der Waals surface area contributed by atoms with E-state index in [2.05, 4.69) is 65.8 Å². The maximum Gasteiger partial charge on any atom is 0.119 e. The lowest BCUT2D eigenvalue weighted by atomic mass is 9.72. The maximum absolute atomic E-state index is 11.3. The Morgan fingerprint density at radius 2 is 0.791 bits per heavy atom. The van der Waals surface area contributed by atoms with Crippen molar-refractivity contribution >= 4 is 0 Å². The Bertz CT molecular complexity index is 1090. The Hall–Kier alpha value is -1.96. The predicted octanol–water partition coefficient (Wildman–Crippen LogP) is 12.1. The number of aromatic hydroxyl groups is 2. The molecule has 0 heterocycles. The molecule has 0 atom stereocenters. The van der Waals surface area contributed by atoms with Crippen LogP contribution in [0.3, 0.4) is 0 Å². The third-order valence-corrected chi connectivity index (χ3v) is 11.0. The van der Waals surface area contributed by atoms with Gasteiger partial charge in [0.15, 0.2) is 0 Å². The molecular formula is C41H64O2. The van der Waals surface area contributed by atoms with Gasteiger partial charge in [0.25, 0.3) is 0 Å². The van der Waals surface area contributed by atoms with Crippen LogP contribution >= 0.6 is 0 Å². The second kappa shape index (κ2) is 14.9. The van der Waals surface area contributed by atoms with Gasteiger partial charge in [-0.25, -0.2) is 0 Å². The number of aryl methyl sites for hydroxylation is 2. The molecule has 0 saturated carbocycles. The van der Waals surface area contributed by atoms with Crippen molar-refractivity contribution in [3.63, 3.8) is 0 Å². The van der Waals surface area contributed by atoms with Gasteiger partial charge in [0.05, 0.1) is 0 Å². The molecule has 2 nitrogen and oxygen atoms in total. The van der Waals surface area contributed by atoms with E-state index in [0.717, 1.165) is 49.7 Å². The number of fused-ring (bicyclic) bond motifs is 4. The first-order valence-corrected chi connectivity index (χ1v) is 18.3. The van der Waals surface area contributed by atoms with E-state index in [-0.39, 0.29) is 16.2 Å². The average molecular weight is 589 g/mol. The summed E-state index contributed by atoms with van der Waals surface area (Å²) in [6.07, 6.45) is 24.9. The summed E-state index contributed by atoms with van der Waals surface area (Å²) in [6.45, 7) is 14.1. The van der Waals surface area contributed by atoms with Crippen molar-refractivity contribution in [2.45, 2.75) is 186 Å². The van der Waals surface area contributed by atoms with Crippen LogP contribution in [0.4, 0.5) is 0 Å². The third kappa shape index (κ3) is 7.83. The lowest BCUT2D eigenvalue weighted by molar-refractivity contribution is 0.348. The molecule has 2 aliphatic carbocycles. The van der Waals surface area contributed by atoms with E-state index in [1.165, 1.54) is 112 Å². The van der Waals surface area contributed by atoms with Crippen molar-refractivity contribution in [1.82, 2.24) is 0 Å². The molecule has 0 unspecified atom stereocenters. The van der Waals surface area contributed by atoms with Crippen LogP contribution in [0.15, 0.2) is 24.3 Å². The van der Waals surface area contributed by atoms with Crippen LogP contribution in [-0.2, 0) is 29.1 Å². The van der Waals surface area contributed by atoms with Crippen molar-refractivity contribution < 1.29 is 10.2 Å². The molecule has 0 amide bonds. The minimum atomic E-state index is -0.152. The first-order valence-electron chi connectivity index (χ1n) is 18.3. The highest BCUT2D eigenvalue weighted by Crippen LogP contribution is 2.64. The minimum absolute atomic E-state index is 0.0279. The topological polar surface area (TPSA) is 40.5 Å². The zero-order chi connectivity index (χ0) is 31.1. The van der Waals surface area contributed by atoms with Gasteiger partial charge in [-0.05, 0) is 94.9 Å². The number of benzene rings is 2. The number of phenols is 2. The zero-order valence-electron chi connectivity index (χ0n) is 28.8. The molecule has 43 heavy (non-hydrogen) atoms. The molecule has 0 radical (unpaired) electrons. The standard InChI is InChI=1S/C41H64O2/c1-7-9-11-13-15-17-19-21-23-31-25-33-35(27-37(31)42)41(29-39(33,3)4)30-40(5,6)34-26-32(38(43)28-36(34)41)24-22-20-18-16-14-12-10-8-2/h25-28,42-43H,7-24,29-30H2,1-6H3. The van der Waals surface area contributed by atoms with Crippen LogP contribution in [0.1, 0.15) is 190 Å². The molecule has 1 spiro atoms. The molecule has 240 valence electrons.